The van der Waals surface area contributed by atoms with E-state index in [1.807, 2.05) is 14.1 Å². The van der Waals surface area contributed by atoms with Gasteiger partial charge in [-0.15, -0.1) is 0 Å². The van der Waals surface area contributed by atoms with Crippen LogP contribution < -0.4 is 10.1 Å². The maximum absolute atomic E-state index is 10.3. The van der Waals surface area contributed by atoms with E-state index in [2.05, 4.69) is 5.32 Å². The fourth-order valence-corrected chi connectivity index (χ4v) is 0.918. The number of rotatable bonds is 3. The third-order valence-corrected chi connectivity index (χ3v) is 1.51. The third kappa shape index (κ3) is 6.51. The van der Waals surface area contributed by atoms with Crippen molar-refractivity contribution in [2.75, 3.05) is 21.2 Å². The van der Waals surface area contributed by atoms with Gasteiger partial charge in [-0.1, -0.05) is 12.1 Å². The number of hydrogen-bond acceptors (Lipinski definition) is 3. The van der Waals surface area contributed by atoms with Crippen molar-refractivity contribution in [2.24, 2.45) is 0 Å². The Morgan fingerprint density at radius 3 is 2.13 bits per heavy atom. The maximum atomic E-state index is 10.3. The number of benzene rings is 1. The lowest BCUT2D eigenvalue weighted by atomic mass is 10.1. The highest BCUT2D eigenvalue weighted by molar-refractivity contribution is 5.70. The number of carboxylic acid groups (broad SMARTS) is 1. The van der Waals surface area contributed by atoms with E-state index in [1.54, 1.807) is 31.4 Å². The van der Waals surface area contributed by atoms with Gasteiger partial charge in [0.1, 0.15) is 5.75 Å². The number of hydrogen-bond donors (Lipinski definition) is 2. The first-order valence-corrected chi connectivity index (χ1v) is 4.57. The highest BCUT2D eigenvalue weighted by Gasteiger charge is 1.99. The molecule has 0 saturated heterocycles. The van der Waals surface area contributed by atoms with Crippen LogP contribution in [0.15, 0.2) is 24.3 Å². The van der Waals surface area contributed by atoms with Gasteiger partial charge in [0.05, 0.1) is 13.5 Å². The van der Waals surface area contributed by atoms with E-state index in [1.165, 1.54) is 0 Å². The van der Waals surface area contributed by atoms with Crippen molar-refractivity contribution in [2.45, 2.75) is 6.42 Å². The van der Waals surface area contributed by atoms with Gasteiger partial charge in [-0.25, -0.2) is 0 Å². The largest absolute Gasteiger partial charge is 0.497 e. The molecular weight excluding hydrogens is 194 g/mol. The van der Waals surface area contributed by atoms with Crippen molar-refractivity contribution < 1.29 is 14.6 Å². The molecule has 0 amide bonds. The Balaban J connectivity index is 0.000000583. The second kappa shape index (κ2) is 7.82. The number of carboxylic acids is 1. The minimum Gasteiger partial charge on any atom is -0.497 e. The number of ether oxygens (including phenoxy) is 1. The number of aliphatic carboxylic acids is 1. The van der Waals surface area contributed by atoms with E-state index < -0.39 is 5.97 Å². The van der Waals surface area contributed by atoms with Crippen molar-refractivity contribution in [1.29, 1.82) is 0 Å². The van der Waals surface area contributed by atoms with Gasteiger partial charge in [-0.3, -0.25) is 4.79 Å². The van der Waals surface area contributed by atoms with Crippen LogP contribution >= 0.6 is 0 Å². The lowest BCUT2D eigenvalue weighted by molar-refractivity contribution is -0.136. The van der Waals surface area contributed by atoms with Crippen molar-refractivity contribution in [1.82, 2.24) is 5.32 Å². The lowest BCUT2D eigenvalue weighted by Crippen LogP contribution is -1.99. The van der Waals surface area contributed by atoms with Crippen molar-refractivity contribution in [3.63, 3.8) is 0 Å². The van der Waals surface area contributed by atoms with Crippen molar-refractivity contribution in [3.05, 3.63) is 29.8 Å². The monoisotopic (exact) mass is 211 g/mol. The molecule has 1 rings (SSSR count). The van der Waals surface area contributed by atoms with Gasteiger partial charge >= 0.3 is 5.97 Å². The van der Waals surface area contributed by atoms with Gasteiger partial charge in [0.2, 0.25) is 0 Å². The quantitative estimate of drug-likeness (QED) is 0.787. The fourth-order valence-electron chi connectivity index (χ4n) is 0.918. The molecule has 0 aliphatic carbocycles. The zero-order valence-electron chi connectivity index (χ0n) is 9.28. The summed E-state index contributed by atoms with van der Waals surface area (Å²) in [5.41, 5.74) is 0.781. The second-order valence-corrected chi connectivity index (χ2v) is 2.92. The molecule has 84 valence electrons. The van der Waals surface area contributed by atoms with Crippen LogP contribution in [0.25, 0.3) is 0 Å². The first-order chi connectivity index (χ1) is 7.13. The van der Waals surface area contributed by atoms with Crippen molar-refractivity contribution in [3.8, 4) is 5.75 Å². The number of methoxy groups -OCH3 is 1. The molecule has 0 atom stereocenters. The second-order valence-electron chi connectivity index (χ2n) is 2.92. The van der Waals surface area contributed by atoms with Crippen LogP contribution in [0.5, 0.6) is 5.75 Å². The molecular formula is C11H17NO3. The zero-order chi connectivity index (χ0) is 11.7. The average Bonchev–Trinajstić information content (AvgIpc) is 2.19. The van der Waals surface area contributed by atoms with E-state index in [0.29, 0.717) is 0 Å². The van der Waals surface area contributed by atoms with Crippen LogP contribution in [0, 0.1) is 0 Å². The van der Waals surface area contributed by atoms with Gasteiger partial charge in [-0.2, -0.15) is 0 Å². The summed E-state index contributed by atoms with van der Waals surface area (Å²) >= 11 is 0. The molecule has 0 unspecified atom stereocenters. The number of carbonyl (C=O) groups is 1. The van der Waals surface area contributed by atoms with Crippen LogP contribution in [0.4, 0.5) is 0 Å². The first kappa shape index (κ1) is 13.4. The number of nitrogens with one attached hydrogen (secondary N) is 1. The molecule has 1 aromatic rings. The summed E-state index contributed by atoms with van der Waals surface area (Å²) < 4.78 is 4.93. The Labute approximate surface area is 89.9 Å². The molecule has 0 spiro atoms. The lowest BCUT2D eigenvalue weighted by Gasteiger charge is -1.99. The molecule has 4 nitrogen and oxygen atoms in total. The molecule has 0 saturated carbocycles. The SMILES string of the molecule is CNC.COc1ccc(CC(=O)O)cc1. The average molecular weight is 211 g/mol. The van der Waals surface area contributed by atoms with Crippen molar-refractivity contribution >= 4 is 5.97 Å². The summed E-state index contributed by atoms with van der Waals surface area (Å²) in [4.78, 5) is 10.3. The summed E-state index contributed by atoms with van der Waals surface area (Å²) in [6.07, 6.45) is 0.0595. The fraction of sp³-hybridized carbons (Fsp3) is 0.364. The van der Waals surface area contributed by atoms with Crippen LogP contribution in [-0.2, 0) is 11.2 Å². The first-order valence-electron chi connectivity index (χ1n) is 4.57. The summed E-state index contributed by atoms with van der Waals surface area (Å²) in [5, 5.41) is 11.2. The Bertz CT molecular complexity index is 282. The molecule has 0 radical (unpaired) electrons. The summed E-state index contributed by atoms with van der Waals surface area (Å²) in [5.74, 6) is -0.0793. The van der Waals surface area contributed by atoms with Gasteiger partial charge in [0.15, 0.2) is 0 Å². The highest BCUT2D eigenvalue weighted by atomic mass is 16.5. The molecule has 0 bridgehead atoms. The third-order valence-electron chi connectivity index (χ3n) is 1.51. The molecule has 0 heterocycles. The van der Waals surface area contributed by atoms with Crippen LogP contribution in [0.2, 0.25) is 0 Å². The minimum absolute atomic E-state index is 0.0595. The van der Waals surface area contributed by atoms with E-state index in [9.17, 15) is 4.79 Å². The molecule has 0 aromatic heterocycles. The van der Waals surface area contributed by atoms with Crippen LogP contribution in [0.1, 0.15) is 5.56 Å². The summed E-state index contributed by atoms with van der Waals surface area (Å²) in [6.45, 7) is 0. The predicted octanol–water partition coefficient (Wildman–Crippen LogP) is 1.16. The molecule has 4 heteroatoms. The topological polar surface area (TPSA) is 58.6 Å². The standard InChI is InChI=1S/C9H10O3.C2H7N/c1-12-8-4-2-7(3-5-8)6-9(10)11;1-3-2/h2-5H,6H2,1H3,(H,10,11);3H,1-2H3. The molecule has 0 aliphatic rings. The smallest absolute Gasteiger partial charge is 0.307 e. The van der Waals surface area contributed by atoms with E-state index >= 15 is 0 Å². The van der Waals surface area contributed by atoms with Crippen LogP contribution in [-0.4, -0.2) is 32.3 Å². The van der Waals surface area contributed by atoms with Gasteiger partial charge < -0.3 is 15.2 Å². The summed E-state index contributed by atoms with van der Waals surface area (Å²) in [7, 11) is 5.33. The molecule has 0 aliphatic heterocycles. The van der Waals surface area contributed by atoms with E-state index in [4.69, 9.17) is 9.84 Å². The Hall–Kier alpha value is -1.55. The van der Waals surface area contributed by atoms with E-state index in [0.717, 1.165) is 11.3 Å². The van der Waals surface area contributed by atoms with Gasteiger partial charge in [-0.05, 0) is 31.8 Å². The molecule has 0 fully saturated rings. The van der Waals surface area contributed by atoms with Gasteiger partial charge in [0, 0.05) is 0 Å². The Morgan fingerprint density at radius 1 is 1.33 bits per heavy atom. The predicted molar refractivity (Wildman–Crippen MR) is 59.3 cm³/mol. The molecule has 2 N–H and O–H groups in total. The zero-order valence-corrected chi connectivity index (χ0v) is 9.28. The Kier molecular flexibility index (Phi) is 7.01. The molecule has 1 aromatic carbocycles. The van der Waals surface area contributed by atoms with Gasteiger partial charge in [0.25, 0.3) is 0 Å². The minimum atomic E-state index is -0.819. The van der Waals surface area contributed by atoms with E-state index in [-0.39, 0.29) is 6.42 Å². The highest BCUT2D eigenvalue weighted by Crippen LogP contribution is 2.11. The Morgan fingerprint density at radius 2 is 1.80 bits per heavy atom. The molecule has 15 heavy (non-hydrogen) atoms. The van der Waals surface area contributed by atoms with Crippen LogP contribution in [0.3, 0.4) is 0 Å². The maximum Gasteiger partial charge on any atom is 0.307 e. The summed E-state index contributed by atoms with van der Waals surface area (Å²) in [6, 6.07) is 6.98. The normalized spacial score (nSPS) is 8.73.